The van der Waals surface area contributed by atoms with Crippen LogP contribution in [0.1, 0.15) is 43.2 Å². The standard InChI is InChI=1S/C22H28O5/c1-2-11-25-22(24)20-12-19(18-5-3-4-6-18)13-21(27-20)26-15-17-9-7-16(14-23)8-10-17/h2,7-10,12,18-19,21,23H,1,3-6,11,13-15H2/t19-,21+/m1/s1. The van der Waals surface area contributed by atoms with Crippen LogP contribution < -0.4 is 0 Å². The number of carbonyl (C=O) groups is 1. The molecule has 1 aliphatic carbocycles. The van der Waals surface area contributed by atoms with Crippen LogP contribution in [0.15, 0.2) is 48.8 Å². The molecule has 1 N–H and O–H groups in total. The fourth-order valence-electron chi connectivity index (χ4n) is 3.78. The average Bonchev–Trinajstić information content (AvgIpc) is 3.25. The van der Waals surface area contributed by atoms with Crippen molar-refractivity contribution in [3.8, 4) is 0 Å². The van der Waals surface area contributed by atoms with Gasteiger partial charge in [-0.1, -0.05) is 49.8 Å². The van der Waals surface area contributed by atoms with E-state index in [2.05, 4.69) is 6.58 Å². The highest BCUT2D eigenvalue weighted by molar-refractivity contribution is 5.86. The van der Waals surface area contributed by atoms with E-state index in [0.29, 0.717) is 12.5 Å². The third-order valence-electron chi connectivity index (χ3n) is 5.27. The lowest BCUT2D eigenvalue weighted by Crippen LogP contribution is -2.30. The highest BCUT2D eigenvalue weighted by atomic mass is 16.7. The van der Waals surface area contributed by atoms with Crippen LogP contribution in [-0.4, -0.2) is 24.0 Å². The fraction of sp³-hybridized carbons (Fsp3) is 0.500. The van der Waals surface area contributed by atoms with Gasteiger partial charge in [-0.3, -0.25) is 0 Å². The molecule has 0 amide bonds. The molecule has 0 saturated heterocycles. The first-order valence-electron chi connectivity index (χ1n) is 9.66. The normalized spacial score (nSPS) is 22.8. The van der Waals surface area contributed by atoms with Gasteiger partial charge in [-0.05, 0) is 41.9 Å². The number of ether oxygens (including phenoxy) is 3. The number of benzene rings is 1. The Bertz CT molecular complexity index is 658. The minimum atomic E-state index is -0.468. The molecule has 1 aromatic rings. The minimum Gasteiger partial charge on any atom is -0.458 e. The molecular formula is C22H28O5. The van der Waals surface area contributed by atoms with Crippen molar-refractivity contribution in [3.63, 3.8) is 0 Å². The van der Waals surface area contributed by atoms with Crippen molar-refractivity contribution >= 4 is 5.97 Å². The Morgan fingerprint density at radius 1 is 1.22 bits per heavy atom. The number of hydrogen-bond donors (Lipinski definition) is 1. The molecule has 0 unspecified atom stereocenters. The molecule has 1 aliphatic heterocycles. The van der Waals surface area contributed by atoms with Gasteiger partial charge in [0.15, 0.2) is 0 Å². The van der Waals surface area contributed by atoms with Gasteiger partial charge in [0.1, 0.15) is 6.61 Å². The summed E-state index contributed by atoms with van der Waals surface area (Å²) in [5.74, 6) is 0.638. The molecule has 2 atom stereocenters. The Balaban J connectivity index is 1.64. The van der Waals surface area contributed by atoms with Crippen LogP contribution >= 0.6 is 0 Å². The van der Waals surface area contributed by atoms with Crippen molar-refractivity contribution in [3.05, 3.63) is 59.9 Å². The van der Waals surface area contributed by atoms with Gasteiger partial charge in [0.05, 0.1) is 13.2 Å². The molecule has 1 heterocycles. The van der Waals surface area contributed by atoms with Gasteiger partial charge in [-0.25, -0.2) is 4.79 Å². The third-order valence-corrected chi connectivity index (χ3v) is 5.27. The maximum Gasteiger partial charge on any atom is 0.373 e. The Kier molecular flexibility index (Phi) is 7.07. The number of esters is 1. The Morgan fingerprint density at radius 2 is 1.93 bits per heavy atom. The summed E-state index contributed by atoms with van der Waals surface area (Å²) in [5.41, 5.74) is 1.86. The average molecular weight is 372 g/mol. The minimum absolute atomic E-state index is 0.0247. The fourth-order valence-corrected chi connectivity index (χ4v) is 3.78. The maximum absolute atomic E-state index is 12.3. The molecule has 2 aliphatic rings. The van der Waals surface area contributed by atoms with Crippen molar-refractivity contribution in [2.75, 3.05) is 6.61 Å². The number of carbonyl (C=O) groups excluding carboxylic acids is 1. The summed E-state index contributed by atoms with van der Waals surface area (Å²) < 4.78 is 16.9. The van der Waals surface area contributed by atoms with Gasteiger partial charge in [0.25, 0.3) is 0 Å². The number of allylic oxidation sites excluding steroid dienone is 1. The molecular weight excluding hydrogens is 344 g/mol. The van der Waals surface area contributed by atoms with Crippen LogP contribution in [-0.2, 0) is 32.2 Å². The summed E-state index contributed by atoms with van der Waals surface area (Å²) in [6.07, 6.45) is 8.61. The van der Waals surface area contributed by atoms with E-state index in [1.54, 1.807) is 6.08 Å². The van der Waals surface area contributed by atoms with Crippen LogP contribution in [0.2, 0.25) is 0 Å². The molecule has 0 bridgehead atoms. The van der Waals surface area contributed by atoms with Crippen molar-refractivity contribution in [1.29, 1.82) is 0 Å². The molecule has 1 saturated carbocycles. The van der Waals surface area contributed by atoms with Crippen molar-refractivity contribution in [2.24, 2.45) is 11.8 Å². The van der Waals surface area contributed by atoms with Crippen LogP contribution in [0.4, 0.5) is 0 Å². The predicted octanol–water partition coefficient (Wildman–Crippen LogP) is 3.86. The highest BCUT2D eigenvalue weighted by Gasteiger charge is 2.34. The first-order chi connectivity index (χ1) is 13.2. The molecule has 27 heavy (non-hydrogen) atoms. The summed E-state index contributed by atoms with van der Waals surface area (Å²) in [6.45, 7) is 4.15. The van der Waals surface area contributed by atoms with Crippen molar-refractivity contribution < 1.29 is 24.1 Å². The van der Waals surface area contributed by atoms with Gasteiger partial charge >= 0.3 is 5.97 Å². The molecule has 3 rings (SSSR count). The quantitative estimate of drug-likeness (QED) is 0.554. The van der Waals surface area contributed by atoms with Crippen LogP contribution in [0.5, 0.6) is 0 Å². The molecule has 1 fully saturated rings. The zero-order chi connectivity index (χ0) is 19.1. The molecule has 0 aromatic heterocycles. The van der Waals surface area contributed by atoms with E-state index in [-0.39, 0.29) is 24.9 Å². The number of rotatable bonds is 8. The van der Waals surface area contributed by atoms with E-state index >= 15 is 0 Å². The summed E-state index contributed by atoms with van der Waals surface area (Å²) >= 11 is 0. The Labute approximate surface area is 160 Å². The Morgan fingerprint density at radius 3 is 2.59 bits per heavy atom. The van der Waals surface area contributed by atoms with E-state index in [4.69, 9.17) is 19.3 Å². The van der Waals surface area contributed by atoms with Gasteiger partial charge < -0.3 is 19.3 Å². The van der Waals surface area contributed by atoms with Gasteiger partial charge in [0, 0.05) is 6.42 Å². The summed E-state index contributed by atoms with van der Waals surface area (Å²) in [5, 5.41) is 9.13. The van der Waals surface area contributed by atoms with E-state index < -0.39 is 12.3 Å². The molecule has 0 radical (unpaired) electrons. The second-order valence-electron chi connectivity index (χ2n) is 7.20. The monoisotopic (exact) mass is 372 g/mol. The molecule has 5 heteroatoms. The third kappa shape index (κ3) is 5.44. The van der Waals surface area contributed by atoms with Crippen molar-refractivity contribution in [1.82, 2.24) is 0 Å². The SMILES string of the molecule is C=CCOC(=O)C1=C[C@@H](C2CCCC2)C[C@@H](OCc2ccc(CO)cc2)O1. The number of hydrogen-bond acceptors (Lipinski definition) is 5. The van der Waals surface area contributed by atoms with Crippen molar-refractivity contribution in [2.45, 2.75) is 51.6 Å². The summed E-state index contributed by atoms with van der Waals surface area (Å²) in [6, 6.07) is 7.61. The predicted molar refractivity (Wildman–Crippen MR) is 101 cm³/mol. The van der Waals surface area contributed by atoms with Gasteiger partial charge in [-0.2, -0.15) is 0 Å². The first kappa shape index (κ1) is 19.6. The molecule has 1 aromatic carbocycles. The van der Waals surface area contributed by atoms with Crippen LogP contribution in [0, 0.1) is 11.8 Å². The summed E-state index contributed by atoms with van der Waals surface area (Å²) in [7, 11) is 0. The second kappa shape index (κ2) is 9.72. The largest absolute Gasteiger partial charge is 0.458 e. The Hall–Kier alpha value is -2.11. The smallest absolute Gasteiger partial charge is 0.373 e. The second-order valence-corrected chi connectivity index (χ2v) is 7.20. The maximum atomic E-state index is 12.3. The zero-order valence-electron chi connectivity index (χ0n) is 15.6. The molecule has 146 valence electrons. The van der Waals surface area contributed by atoms with E-state index in [1.807, 2.05) is 30.3 Å². The first-order valence-corrected chi connectivity index (χ1v) is 9.66. The van der Waals surface area contributed by atoms with Crippen LogP contribution in [0.25, 0.3) is 0 Å². The van der Waals surface area contributed by atoms with Gasteiger partial charge in [0.2, 0.25) is 12.0 Å². The van der Waals surface area contributed by atoms with Gasteiger partial charge in [-0.15, -0.1) is 0 Å². The lowest BCUT2D eigenvalue weighted by atomic mass is 9.86. The zero-order valence-corrected chi connectivity index (χ0v) is 15.6. The van der Waals surface area contributed by atoms with Crippen LogP contribution in [0.3, 0.4) is 0 Å². The highest BCUT2D eigenvalue weighted by Crippen LogP contribution is 2.38. The molecule has 5 nitrogen and oxygen atoms in total. The topological polar surface area (TPSA) is 65.0 Å². The number of aliphatic hydroxyl groups excluding tert-OH is 1. The van der Waals surface area contributed by atoms with E-state index in [9.17, 15) is 4.79 Å². The van der Waals surface area contributed by atoms with E-state index in [1.165, 1.54) is 25.7 Å². The van der Waals surface area contributed by atoms with E-state index in [0.717, 1.165) is 17.5 Å². The summed E-state index contributed by atoms with van der Waals surface area (Å²) in [4.78, 5) is 12.3. The molecule has 0 spiro atoms. The lowest BCUT2D eigenvalue weighted by Gasteiger charge is -2.31. The lowest BCUT2D eigenvalue weighted by molar-refractivity contribution is -0.167. The number of aliphatic hydroxyl groups is 1.